The molecule has 3 heteroatoms. The third kappa shape index (κ3) is 1.67. The number of hydrogen-bond acceptors (Lipinski definition) is 3. The maximum atomic E-state index is 9.09. The summed E-state index contributed by atoms with van der Waals surface area (Å²) >= 11 is 0. The second-order valence-electron chi connectivity index (χ2n) is 2.33. The lowest BCUT2D eigenvalue weighted by atomic mass is 10.1. The molecule has 0 heterocycles. The number of benzene rings is 1. The molecule has 0 radical (unpaired) electrons. The fourth-order valence-electron chi connectivity index (χ4n) is 0.988. The molecule has 1 aromatic rings. The van der Waals surface area contributed by atoms with Crippen LogP contribution in [0.15, 0.2) is 18.2 Å². The minimum atomic E-state index is 0.154. The first-order valence-electron chi connectivity index (χ1n) is 3.50. The molecular formula is C9H9NO2. The zero-order chi connectivity index (χ0) is 8.97. The molecule has 3 nitrogen and oxygen atoms in total. The Bertz CT molecular complexity index is 315. The lowest BCUT2D eigenvalue weighted by molar-refractivity contribution is 0.408. The highest BCUT2D eigenvalue weighted by molar-refractivity contribution is 5.40. The van der Waals surface area contributed by atoms with Crippen molar-refractivity contribution in [1.29, 1.82) is 5.26 Å². The fraction of sp³-hybridized carbons (Fsp3) is 0.222. The van der Waals surface area contributed by atoms with Crippen molar-refractivity contribution < 1.29 is 9.84 Å². The first-order valence-corrected chi connectivity index (χ1v) is 3.50. The normalized spacial score (nSPS) is 9.00. The molecule has 0 aliphatic rings. The third-order valence-electron chi connectivity index (χ3n) is 1.53. The van der Waals surface area contributed by atoms with Gasteiger partial charge in [-0.2, -0.15) is 5.26 Å². The second-order valence-corrected chi connectivity index (χ2v) is 2.33. The Hall–Kier alpha value is -1.69. The van der Waals surface area contributed by atoms with Gasteiger partial charge in [-0.15, -0.1) is 0 Å². The quantitative estimate of drug-likeness (QED) is 0.718. The Kier molecular flexibility index (Phi) is 2.54. The molecule has 0 saturated carbocycles. The minimum Gasteiger partial charge on any atom is -0.508 e. The number of nitriles is 1. The summed E-state index contributed by atoms with van der Waals surface area (Å²) in [5.41, 5.74) is 0.708. The molecular weight excluding hydrogens is 154 g/mol. The molecule has 1 N–H and O–H groups in total. The summed E-state index contributed by atoms with van der Waals surface area (Å²) in [4.78, 5) is 0. The van der Waals surface area contributed by atoms with Crippen LogP contribution in [0.5, 0.6) is 11.5 Å². The first kappa shape index (κ1) is 8.41. The van der Waals surface area contributed by atoms with E-state index in [2.05, 4.69) is 0 Å². The fourth-order valence-corrected chi connectivity index (χ4v) is 0.988. The molecule has 0 saturated heterocycles. The van der Waals surface area contributed by atoms with Gasteiger partial charge in [-0.1, -0.05) is 0 Å². The van der Waals surface area contributed by atoms with Crippen LogP contribution in [-0.4, -0.2) is 12.2 Å². The Morgan fingerprint density at radius 2 is 2.33 bits per heavy atom. The van der Waals surface area contributed by atoms with Crippen molar-refractivity contribution in [2.45, 2.75) is 6.42 Å². The van der Waals surface area contributed by atoms with Crippen LogP contribution in [0, 0.1) is 11.3 Å². The molecule has 0 aliphatic carbocycles. The van der Waals surface area contributed by atoms with E-state index >= 15 is 0 Å². The summed E-state index contributed by atoms with van der Waals surface area (Å²) in [5.74, 6) is 0.787. The molecule has 0 aromatic heterocycles. The Balaban J connectivity index is 3.05. The van der Waals surface area contributed by atoms with Gasteiger partial charge in [-0.05, 0) is 18.2 Å². The van der Waals surface area contributed by atoms with E-state index in [4.69, 9.17) is 15.1 Å². The van der Waals surface area contributed by atoms with E-state index in [1.807, 2.05) is 6.07 Å². The third-order valence-corrected chi connectivity index (χ3v) is 1.53. The second kappa shape index (κ2) is 3.63. The molecule has 0 atom stereocenters. The maximum absolute atomic E-state index is 9.09. The van der Waals surface area contributed by atoms with Crippen LogP contribution in [0.1, 0.15) is 5.56 Å². The van der Waals surface area contributed by atoms with Crippen molar-refractivity contribution in [2.75, 3.05) is 7.11 Å². The summed E-state index contributed by atoms with van der Waals surface area (Å²) in [6, 6.07) is 6.69. The lowest BCUT2D eigenvalue weighted by Gasteiger charge is -2.04. The van der Waals surface area contributed by atoms with E-state index in [0.29, 0.717) is 11.3 Å². The molecule has 62 valence electrons. The molecule has 1 aromatic carbocycles. The van der Waals surface area contributed by atoms with Crippen LogP contribution < -0.4 is 4.74 Å². The van der Waals surface area contributed by atoms with Gasteiger partial charge in [0.05, 0.1) is 19.6 Å². The van der Waals surface area contributed by atoms with E-state index in [1.54, 1.807) is 6.07 Å². The van der Waals surface area contributed by atoms with Crippen molar-refractivity contribution in [3.8, 4) is 17.6 Å². The van der Waals surface area contributed by atoms with Gasteiger partial charge >= 0.3 is 0 Å². The highest BCUT2D eigenvalue weighted by Crippen LogP contribution is 2.23. The predicted octanol–water partition coefficient (Wildman–Crippen LogP) is 1.47. The number of rotatable bonds is 2. The number of nitrogens with zero attached hydrogens (tertiary/aromatic N) is 1. The SMILES string of the molecule is COc1ccc(O)cc1CC#N. The standard InChI is InChI=1S/C9H9NO2/c1-12-9-3-2-8(11)6-7(9)4-5-10/h2-3,6,11H,4H2,1H3. The molecule has 12 heavy (non-hydrogen) atoms. The van der Waals surface area contributed by atoms with Crippen LogP contribution >= 0.6 is 0 Å². The molecule has 0 fully saturated rings. The van der Waals surface area contributed by atoms with E-state index in [1.165, 1.54) is 19.2 Å². The summed E-state index contributed by atoms with van der Waals surface area (Å²) in [5, 5.41) is 17.5. The number of phenols is 1. The zero-order valence-electron chi connectivity index (χ0n) is 6.74. The molecule has 1 rings (SSSR count). The Labute approximate surface area is 70.8 Å². The number of aromatic hydroxyl groups is 1. The topological polar surface area (TPSA) is 53.2 Å². The molecule has 0 aliphatic heterocycles. The van der Waals surface area contributed by atoms with Crippen LogP contribution in [0.3, 0.4) is 0 Å². The number of ether oxygens (including phenoxy) is 1. The molecule has 0 amide bonds. The number of phenolic OH excluding ortho intramolecular Hbond substituents is 1. The highest BCUT2D eigenvalue weighted by Gasteiger charge is 2.02. The summed E-state index contributed by atoms with van der Waals surface area (Å²) in [6.07, 6.45) is 0.248. The zero-order valence-corrected chi connectivity index (χ0v) is 6.74. The summed E-state index contributed by atoms with van der Waals surface area (Å²) < 4.78 is 4.99. The molecule has 0 bridgehead atoms. The van der Waals surface area contributed by atoms with Crippen LogP contribution in [-0.2, 0) is 6.42 Å². The Morgan fingerprint density at radius 1 is 1.58 bits per heavy atom. The van der Waals surface area contributed by atoms with Gasteiger partial charge in [0, 0.05) is 5.56 Å². The summed E-state index contributed by atoms with van der Waals surface area (Å²) in [7, 11) is 1.53. The van der Waals surface area contributed by atoms with Gasteiger partial charge in [0.1, 0.15) is 11.5 Å². The van der Waals surface area contributed by atoms with Crippen molar-refractivity contribution >= 4 is 0 Å². The molecule has 0 unspecified atom stereocenters. The smallest absolute Gasteiger partial charge is 0.123 e. The monoisotopic (exact) mass is 163 g/mol. The maximum Gasteiger partial charge on any atom is 0.123 e. The van der Waals surface area contributed by atoms with Crippen LogP contribution in [0.25, 0.3) is 0 Å². The number of methoxy groups -OCH3 is 1. The van der Waals surface area contributed by atoms with E-state index in [0.717, 1.165) is 0 Å². The first-order chi connectivity index (χ1) is 5.77. The molecule has 0 spiro atoms. The highest BCUT2D eigenvalue weighted by atomic mass is 16.5. The van der Waals surface area contributed by atoms with Gasteiger partial charge in [-0.25, -0.2) is 0 Å². The average Bonchev–Trinajstić information content (AvgIpc) is 2.05. The van der Waals surface area contributed by atoms with Crippen molar-refractivity contribution in [3.05, 3.63) is 23.8 Å². The van der Waals surface area contributed by atoms with Gasteiger partial charge in [-0.3, -0.25) is 0 Å². The number of hydrogen-bond donors (Lipinski definition) is 1. The predicted molar refractivity (Wildman–Crippen MR) is 44.0 cm³/mol. The van der Waals surface area contributed by atoms with Gasteiger partial charge in [0.15, 0.2) is 0 Å². The van der Waals surface area contributed by atoms with E-state index in [-0.39, 0.29) is 12.2 Å². The van der Waals surface area contributed by atoms with Gasteiger partial charge < -0.3 is 9.84 Å². The van der Waals surface area contributed by atoms with E-state index in [9.17, 15) is 0 Å². The minimum absolute atomic E-state index is 0.154. The largest absolute Gasteiger partial charge is 0.508 e. The van der Waals surface area contributed by atoms with Gasteiger partial charge in [0.25, 0.3) is 0 Å². The van der Waals surface area contributed by atoms with Crippen molar-refractivity contribution in [3.63, 3.8) is 0 Å². The van der Waals surface area contributed by atoms with Gasteiger partial charge in [0.2, 0.25) is 0 Å². The average molecular weight is 163 g/mol. The van der Waals surface area contributed by atoms with Crippen molar-refractivity contribution in [1.82, 2.24) is 0 Å². The Morgan fingerprint density at radius 3 is 2.92 bits per heavy atom. The van der Waals surface area contributed by atoms with Crippen LogP contribution in [0.4, 0.5) is 0 Å². The van der Waals surface area contributed by atoms with E-state index < -0.39 is 0 Å². The summed E-state index contributed by atoms with van der Waals surface area (Å²) in [6.45, 7) is 0. The van der Waals surface area contributed by atoms with Crippen LogP contribution in [0.2, 0.25) is 0 Å². The van der Waals surface area contributed by atoms with Crippen molar-refractivity contribution in [2.24, 2.45) is 0 Å². The lowest BCUT2D eigenvalue weighted by Crippen LogP contribution is -1.89.